The van der Waals surface area contributed by atoms with E-state index in [-0.39, 0.29) is 18.4 Å². The molecule has 1 heterocycles. The first-order chi connectivity index (χ1) is 10.4. The van der Waals surface area contributed by atoms with Gasteiger partial charge in [0.05, 0.1) is 11.4 Å². The number of carbonyl (C=O) groups is 3. The molecule has 22 heavy (non-hydrogen) atoms. The number of nitrogens with one attached hydrogen (secondary N) is 2. The van der Waals surface area contributed by atoms with Crippen LogP contribution in [0.25, 0.3) is 0 Å². The van der Waals surface area contributed by atoms with E-state index in [0.717, 1.165) is 0 Å². The van der Waals surface area contributed by atoms with Crippen molar-refractivity contribution in [1.29, 1.82) is 0 Å². The van der Waals surface area contributed by atoms with E-state index in [1.807, 2.05) is 6.92 Å². The zero-order valence-electron chi connectivity index (χ0n) is 12.5. The normalized spacial score (nSPS) is 16.3. The minimum atomic E-state index is -1.09. The maximum absolute atomic E-state index is 12.4. The number of benzene rings is 1. The van der Waals surface area contributed by atoms with Crippen molar-refractivity contribution in [2.45, 2.75) is 26.3 Å². The van der Waals surface area contributed by atoms with Gasteiger partial charge in [-0.1, -0.05) is 32.4 Å². The van der Waals surface area contributed by atoms with E-state index in [1.54, 1.807) is 31.2 Å². The van der Waals surface area contributed by atoms with Crippen molar-refractivity contribution < 1.29 is 19.5 Å². The third-order valence-corrected chi connectivity index (χ3v) is 3.77. The molecule has 7 nitrogen and oxygen atoms in total. The Kier molecular flexibility index (Phi) is 4.65. The molecular weight excluding hydrogens is 286 g/mol. The van der Waals surface area contributed by atoms with Crippen molar-refractivity contribution in [3.8, 4) is 0 Å². The molecule has 3 amide bonds. The maximum atomic E-state index is 12.4. The smallest absolute Gasteiger partial charge is 0.326 e. The second kappa shape index (κ2) is 6.46. The summed E-state index contributed by atoms with van der Waals surface area (Å²) in [4.78, 5) is 36.7. The van der Waals surface area contributed by atoms with Crippen molar-refractivity contribution >= 4 is 29.3 Å². The van der Waals surface area contributed by atoms with Crippen LogP contribution in [0.5, 0.6) is 0 Å². The molecule has 7 heteroatoms. The lowest BCUT2D eigenvalue weighted by molar-refractivity contribution is -0.140. The van der Waals surface area contributed by atoms with Gasteiger partial charge in [0.2, 0.25) is 5.91 Å². The number of aliphatic carboxylic acids is 1. The summed E-state index contributed by atoms with van der Waals surface area (Å²) in [6, 6.07) is 5.31. The van der Waals surface area contributed by atoms with Crippen LogP contribution in [0, 0.1) is 5.92 Å². The SMILES string of the molecule is CCC(C)C(NC(=O)N1CC(=O)Nc2ccccc21)C(=O)O. The largest absolute Gasteiger partial charge is 0.480 e. The number of carboxylic acids is 1. The number of carboxylic acid groups (broad SMARTS) is 1. The average Bonchev–Trinajstić information content (AvgIpc) is 2.50. The molecule has 1 aromatic carbocycles. The number of hydrogen-bond acceptors (Lipinski definition) is 3. The van der Waals surface area contributed by atoms with Gasteiger partial charge in [-0.3, -0.25) is 9.69 Å². The molecule has 0 fully saturated rings. The van der Waals surface area contributed by atoms with Gasteiger partial charge in [-0.25, -0.2) is 9.59 Å². The fraction of sp³-hybridized carbons (Fsp3) is 0.400. The number of carbonyl (C=O) groups excluding carboxylic acids is 2. The summed E-state index contributed by atoms with van der Waals surface area (Å²) in [6.07, 6.45) is 0.619. The lowest BCUT2D eigenvalue weighted by Gasteiger charge is -2.31. The fourth-order valence-electron chi connectivity index (χ4n) is 2.31. The molecule has 0 saturated heterocycles. The number of anilines is 2. The monoisotopic (exact) mass is 305 g/mol. The predicted molar refractivity (Wildman–Crippen MR) is 81.8 cm³/mol. The highest BCUT2D eigenvalue weighted by Crippen LogP contribution is 2.28. The van der Waals surface area contributed by atoms with E-state index in [2.05, 4.69) is 10.6 Å². The Hall–Kier alpha value is -2.57. The van der Waals surface area contributed by atoms with Gasteiger partial charge in [-0.05, 0) is 18.1 Å². The van der Waals surface area contributed by atoms with Crippen LogP contribution in [0.1, 0.15) is 20.3 Å². The van der Waals surface area contributed by atoms with Crippen LogP contribution in [-0.4, -0.2) is 35.6 Å². The predicted octanol–water partition coefficient (Wildman–Crippen LogP) is 1.65. The topological polar surface area (TPSA) is 98.7 Å². The zero-order chi connectivity index (χ0) is 16.3. The zero-order valence-corrected chi connectivity index (χ0v) is 12.5. The first-order valence-corrected chi connectivity index (χ1v) is 7.13. The molecule has 1 aliphatic heterocycles. The number of fused-ring (bicyclic) bond motifs is 1. The summed E-state index contributed by atoms with van der Waals surface area (Å²) in [5.41, 5.74) is 1.08. The Labute approximate surface area is 128 Å². The molecule has 1 aliphatic rings. The van der Waals surface area contributed by atoms with Crippen LogP contribution >= 0.6 is 0 Å². The van der Waals surface area contributed by atoms with Gasteiger partial charge in [0.15, 0.2) is 0 Å². The molecule has 3 N–H and O–H groups in total. The minimum absolute atomic E-state index is 0.143. The van der Waals surface area contributed by atoms with Crippen LogP contribution in [-0.2, 0) is 9.59 Å². The van der Waals surface area contributed by atoms with Crippen molar-refractivity contribution in [2.75, 3.05) is 16.8 Å². The van der Waals surface area contributed by atoms with E-state index in [1.165, 1.54) is 4.90 Å². The van der Waals surface area contributed by atoms with Crippen molar-refractivity contribution in [2.24, 2.45) is 5.92 Å². The second-order valence-electron chi connectivity index (χ2n) is 5.30. The van der Waals surface area contributed by atoms with Crippen LogP contribution in [0.4, 0.5) is 16.2 Å². The highest BCUT2D eigenvalue weighted by Gasteiger charge is 2.31. The first kappa shape index (κ1) is 15.8. The summed E-state index contributed by atoms with van der Waals surface area (Å²) < 4.78 is 0. The van der Waals surface area contributed by atoms with E-state index in [9.17, 15) is 19.5 Å². The second-order valence-corrected chi connectivity index (χ2v) is 5.30. The number of amides is 3. The molecular formula is C15H19N3O4. The number of urea groups is 1. The lowest BCUT2D eigenvalue weighted by atomic mass is 9.99. The lowest BCUT2D eigenvalue weighted by Crippen LogP contribution is -2.53. The van der Waals surface area contributed by atoms with Crippen LogP contribution < -0.4 is 15.5 Å². The highest BCUT2D eigenvalue weighted by molar-refractivity contribution is 6.09. The number of nitrogens with zero attached hydrogens (tertiary/aromatic N) is 1. The van der Waals surface area contributed by atoms with Crippen molar-refractivity contribution in [3.63, 3.8) is 0 Å². The van der Waals surface area contributed by atoms with E-state index < -0.39 is 18.0 Å². The van der Waals surface area contributed by atoms with Crippen molar-refractivity contribution in [3.05, 3.63) is 24.3 Å². The molecule has 0 spiro atoms. The molecule has 0 aromatic heterocycles. The number of rotatable bonds is 4. The Bertz CT molecular complexity index is 602. The molecule has 0 bridgehead atoms. The van der Waals surface area contributed by atoms with Gasteiger partial charge in [-0.2, -0.15) is 0 Å². The molecule has 0 aliphatic carbocycles. The van der Waals surface area contributed by atoms with E-state index >= 15 is 0 Å². The Morgan fingerprint density at radius 1 is 1.41 bits per heavy atom. The standard InChI is InChI=1S/C15H19N3O4/c1-3-9(2)13(14(20)21)17-15(22)18-8-12(19)16-10-6-4-5-7-11(10)18/h4-7,9,13H,3,8H2,1-2H3,(H,16,19)(H,17,22)(H,20,21). The molecule has 1 aromatic rings. The van der Waals surface area contributed by atoms with Gasteiger partial charge in [-0.15, -0.1) is 0 Å². The summed E-state index contributed by atoms with van der Waals surface area (Å²) in [7, 11) is 0. The average molecular weight is 305 g/mol. The van der Waals surface area contributed by atoms with Crippen LogP contribution in [0.15, 0.2) is 24.3 Å². The molecule has 0 radical (unpaired) electrons. The molecule has 118 valence electrons. The third-order valence-electron chi connectivity index (χ3n) is 3.77. The van der Waals surface area contributed by atoms with Gasteiger partial charge < -0.3 is 15.7 Å². The number of hydrogen-bond donors (Lipinski definition) is 3. The fourth-order valence-corrected chi connectivity index (χ4v) is 2.31. The van der Waals surface area contributed by atoms with E-state index in [0.29, 0.717) is 17.8 Å². The first-order valence-electron chi connectivity index (χ1n) is 7.13. The highest BCUT2D eigenvalue weighted by atomic mass is 16.4. The van der Waals surface area contributed by atoms with Gasteiger partial charge in [0, 0.05) is 0 Å². The van der Waals surface area contributed by atoms with Crippen LogP contribution in [0.3, 0.4) is 0 Å². The summed E-state index contributed by atoms with van der Waals surface area (Å²) in [5, 5.41) is 14.4. The van der Waals surface area contributed by atoms with Gasteiger partial charge in [0.25, 0.3) is 0 Å². The molecule has 2 atom stereocenters. The minimum Gasteiger partial charge on any atom is -0.480 e. The van der Waals surface area contributed by atoms with Gasteiger partial charge >= 0.3 is 12.0 Å². The Balaban J connectivity index is 2.22. The molecule has 2 unspecified atom stereocenters. The van der Waals surface area contributed by atoms with Gasteiger partial charge in [0.1, 0.15) is 12.6 Å². The maximum Gasteiger partial charge on any atom is 0.326 e. The third kappa shape index (κ3) is 3.19. The van der Waals surface area contributed by atoms with Crippen LogP contribution in [0.2, 0.25) is 0 Å². The summed E-state index contributed by atoms with van der Waals surface area (Å²) in [6.45, 7) is 3.47. The number of para-hydroxylation sites is 2. The summed E-state index contributed by atoms with van der Waals surface area (Å²) in [5.74, 6) is -1.61. The van der Waals surface area contributed by atoms with E-state index in [4.69, 9.17) is 0 Å². The Morgan fingerprint density at radius 3 is 2.73 bits per heavy atom. The Morgan fingerprint density at radius 2 is 2.09 bits per heavy atom. The summed E-state index contributed by atoms with van der Waals surface area (Å²) >= 11 is 0. The molecule has 0 saturated carbocycles. The quantitative estimate of drug-likeness (QED) is 0.787. The molecule has 2 rings (SSSR count). The van der Waals surface area contributed by atoms with Crippen molar-refractivity contribution in [1.82, 2.24) is 5.32 Å².